The summed E-state index contributed by atoms with van der Waals surface area (Å²) in [4.78, 5) is 7.55. The van der Waals surface area contributed by atoms with Gasteiger partial charge in [-0.1, -0.05) is 0 Å². The third kappa shape index (κ3) is 2.62. The third-order valence-electron chi connectivity index (χ3n) is 2.93. The molecule has 0 radical (unpaired) electrons. The molecule has 100 valence electrons. The molecule has 1 aliphatic carbocycles. The van der Waals surface area contributed by atoms with Crippen molar-refractivity contribution in [3.63, 3.8) is 0 Å². The van der Waals surface area contributed by atoms with Gasteiger partial charge in [-0.15, -0.1) is 0 Å². The molecule has 1 aliphatic rings. The monoisotopic (exact) mass is 261 g/mol. The minimum Gasteiger partial charge on any atom is -0.373 e. The number of aromatic nitrogens is 2. The lowest BCUT2D eigenvalue weighted by Crippen LogP contribution is -2.19. The van der Waals surface area contributed by atoms with Gasteiger partial charge < -0.3 is 10.5 Å². The van der Waals surface area contributed by atoms with Gasteiger partial charge in [0.15, 0.2) is 11.5 Å². The van der Waals surface area contributed by atoms with Crippen molar-refractivity contribution in [2.24, 2.45) is 11.7 Å². The third-order valence-corrected chi connectivity index (χ3v) is 2.93. The molecule has 18 heavy (non-hydrogen) atoms. The van der Waals surface area contributed by atoms with E-state index < -0.39 is 18.0 Å². The Morgan fingerprint density at radius 3 is 2.61 bits per heavy atom. The van der Waals surface area contributed by atoms with Gasteiger partial charge in [-0.05, 0) is 18.8 Å². The molecule has 1 heterocycles. The predicted molar refractivity (Wildman–Crippen MR) is 57.4 cm³/mol. The Kier molecular flexibility index (Phi) is 3.54. The van der Waals surface area contributed by atoms with Gasteiger partial charge in [-0.2, -0.15) is 13.2 Å². The van der Waals surface area contributed by atoms with Gasteiger partial charge in [0.2, 0.25) is 0 Å². The van der Waals surface area contributed by atoms with Crippen molar-refractivity contribution in [3.8, 4) is 0 Å². The lowest BCUT2D eigenvalue weighted by atomic mass is 10.1. The maximum Gasteiger partial charge on any atom is 0.433 e. The standard InChI is InChI=1S/C11H14F3N3O/c1-18-8(6-2-3-6)10-16-5-7(4-15)9(17-10)11(12,13)14/h5-6,8H,2-4,15H2,1H3. The fourth-order valence-electron chi connectivity index (χ4n) is 1.86. The Bertz CT molecular complexity index is 432. The number of ether oxygens (including phenoxy) is 1. The minimum absolute atomic E-state index is 0.0875. The van der Waals surface area contributed by atoms with Crippen molar-refractivity contribution in [2.75, 3.05) is 7.11 Å². The van der Waals surface area contributed by atoms with E-state index in [1.165, 1.54) is 7.11 Å². The van der Waals surface area contributed by atoms with E-state index in [9.17, 15) is 13.2 Å². The van der Waals surface area contributed by atoms with Crippen LogP contribution in [-0.2, 0) is 17.5 Å². The Hall–Kier alpha value is -1.21. The second-order valence-electron chi connectivity index (χ2n) is 4.30. The van der Waals surface area contributed by atoms with Crippen molar-refractivity contribution < 1.29 is 17.9 Å². The Morgan fingerprint density at radius 1 is 1.50 bits per heavy atom. The van der Waals surface area contributed by atoms with Crippen LogP contribution in [0.25, 0.3) is 0 Å². The second-order valence-corrected chi connectivity index (χ2v) is 4.30. The molecule has 2 rings (SSSR count). The van der Waals surface area contributed by atoms with Crippen LogP contribution in [0.15, 0.2) is 6.20 Å². The summed E-state index contributed by atoms with van der Waals surface area (Å²) in [6.07, 6.45) is -1.98. The Morgan fingerprint density at radius 2 is 2.17 bits per heavy atom. The normalized spacial score (nSPS) is 17.8. The molecule has 0 spiro atoms. The first-order valence-corrected chi connectivity index (χ1v) is 5.63. The lowest BCUT2D eigenvalue weighted by Gasteiger charge is -2.16. The minimum atomic E-state index is -4.52. The number of methoxy groups -OCH3 is 1. The zero-order valence-electron chi connectivity index (χ0n) is 9.87. The molecule has 0 amide bonds. The quantitative estimate of drug-likeness (QED) is 0.901. The van der Waals surface area contributed by atoms with E-state index in [4.69, 9.17) is 10.5 Å². The van der Waals surface area contributed by atoms with Gasteiger partial charge in [-0.3, -0.25) is 0 Å². The van der Waals surface area contributed by atoms with Crippen molar-refractivity contribution in [1.82, 2.24) is 9.97 Å². The molecule has 1 aromatic heterocycles. The van der Waals surface area contributed by atoms with Gasteiger partial charge >= 0.3 is 6.18 Å². The first-order valence-electron chi connectivity index (χ1n) is 5.63. The number of nitrogens with two attached hydrogens (primary N) is 1. The molecular weight excluding hydrogens is 247 g/mol. The first kappa shape index (κ1) is 13.2. The lowest BCUT2D eigenvalue weighted by molar-refractivity contribution is -0.142. The van der Waals surface area contributed by atoms with Crippen molar-refractivity contribution in [2.45, 2.75) is 31.7 Å². The largest absolute Gasteiger partial charge is 0.433 e. The molecular formula is C11H14F3N3O. The van der Waals surface area contributed by atoms with Crippen molar-refractivity contribution >= 4 is 0 Å². The number of hydrogen-bond acceptors (Lipinski definition) is 4. The molecule has 0 aromatic carbocycles. The number of rotatable bonds is 4. The van der Waals surface area contributed by atoms with Gasteiger partial charge in [0.05, 0.1) is 0 Å². The van der Waals surface area contributed by atoms with Gasteiger partial charge in [0.25, 0.3) is 0 Å². The fraction of sp³-hybridized carbons (Fsp3) is 0.636. The Balaban J connectivity index is 2.38. The smallest absolute Gasteiger partial charge is 0.373 e. The van der Waals surface area contributed by atoms with Crippen LogP contribution in [0.2, 0.25) is 0 Å². The molecule has 4 nitrogen and oxygen atoms in total. The second kappa shape index (κ2) is 4.81. The average Bonchev–Trinajstić information content (AvgIpc) is 3.13. The van der Waals surface area contributed by atoms with Gasteiger partial charge in [-0.25, -0.2) is 9.97 Å². The van der Waals surface area contributed by atoms with E-state index in [0.717, 1.165) is 19.0 Å². The highest BCUT2D eigenvalue weighted by Gasteiger charge is 2.39. The van der Waals surface area contributed by atoms with Crippen LogP contribution >= 0.6 is 0 Å². The maximum atomic E-state index is 12.8. The summed E-state index contributed by atoms with van der Waals surface area (Å²) >= 11 is 0. The van der Waals surface area contributed by atoms with Gasteiger partial charge in [0, 0.05) is 25.4 Å². The number of alkyl halides is 3. The molecule has 0 saturated heterocycles. The Labute approximate surface area is 102 Å². The summed E-state index contributed by atoms with van der Waals surface area (Å²) in [5.74, 6) is 0.310. The topological polar surface area (TPSA) is 61.0 Å². The highest BCUT2D eigenvalue weighted by molar-refractivity contribution is 5.21. The van der Waals surface area contributed by atoms with Crippen LogP contribution in [0.5, 0.6) is 0 Å². The summed E-state index contributed by atoms with van der Waals surface area (Å²) in [5, 5.41) is 0. The number of hydrogen-bond donors (Lipinski definition) is 1. The molecule has 1 saturated carbocycles. The summed E-state index contributed by atoms with van der Waals surface area (Å²) < 4.78 is 43.6. The van der Waals surface area contributed by atoms with Crippen LogP contribution in [0.1, 0.15) is 36.0 Å². The molecule has 1 unspecified atom stereocenters. The highest BCUT2D eigenvalue weighted by Crippen LogP contribution is 2.42. The molecule has 1 fully saturated rings. The zero-order valence-corrected chi connectivity index (χ0v) is 9.87. The highest BCUT2D eigenvalue weighted by atomic mass is 19.4. The maximum absolute atomic E-state index is 12.8. The number of halogens is 3. The molecule has 1 aromatic rings. The van der Waals surface area contributed by atoms with Crippen molar-refractivity contribution in [1.29, 1.82) is 0 Å². The molecule has 1 atom stereocenters. The summed E-state index contributed by atoms with van der Waals surface area (Å²) in [5.41, 5.74) is 4.21. The van der Waals surface area contributed by atoms with E-state index >= 15 is 0 Å². The van der Waals surface area contributed by atoms with Crippen LogP contribution in [0.4, 0.5) is 13.2 Å². The van der Waals surface area contributed by atoms with E-state index in [2.05, 4.69) is 9.97 Å². The SMILES string of the molecule is COC(c1ncc(CN)c(C(F)(F)F)n1)C1CC1. The zero-order chi connectivity index (χ0) is 13.3. The van der Waals surface area contributed by atoms with Crippen LogP contribution < -0.4 is 5.73 Å². The van der Waals surface area contributed by atoms with Crippen LogP contribution in [-0.4, -0.2) is 17.1 Å². The van der Waals surface area contributed by atoms with E-state index in [0.29, 0.717) is 0 Å². The van der Waals surface area contributed by atoms with Crippen molar-refractivity contribution in [3.05, 3.63) is 23.3 Å². The summed E-state index contributed by atoms with van der Waals surface area (Å²) in [6.45, 7) is -0.240. The summed E-state index contributed by atoms with van der Waals surface area (Å²) in [7, 11) is 1.45. The van der Waals surface area contributed by atoms with Crippen LogP contribution in [0.3, 0.4) is 0 Å². The molecule has 2 N–H and O–H groups in total. The number of nitrogens with zero attached hydrogens (tertiary/aromatic N) is 2. The van der Waals surface area contributed by atoms with E-state index in [1.807, 2.05) is 0 Å². The average molecular weight is 261 g/mol. The predicted octanol–water partition coefficient (Wildman–Crippen LogP) is 2.05. The van der Waals surface area contributed by atoms with Crippen LogP contribution in [0, 0.1) is 5.92 Å². The van der Waals surface area contributed by atoms with Gasteiger partial charge in [0.1, 0.15) is 6.10 Å². The molecule has 7 heteroatoms. The van der Waals surface area contributed by atoms with E-state index in [-0.39, 0.29) is 23.9 Å². The molecule has 0 aliphatic heterocycles. The van der Waals surface area contributed by atoms with E-state index in [1.54, 1.807) is 0 Å². The summed E-state index contributed by atoms with van der Waals surface area (Å²) in [6, 6.07) is 0. The molecule has 0 bridgehead atoms. The first-order chi connectivity index (χ1) is 8.47. The fourth-order valence-corrected chi connectivity index (χ4v) is 1.86.